The molecule has 2 atom stereocenters. The Morgan fingerprint density at radius 2 is 0.525 bits per heavy atom. The molecule has 0 heterocycles. The van der Waals surface area contributed by atoms with Crippen molar-refractivity contribution in [3.63, 3.8) is 0 Å². The van der Waals surface area contributed by atoms with Gasteiger partial charge in [-0.3, -0.25) is 0 Å². The maximum atomic E-state index is 14.3. The van der Waals surface area contributed by atoms with Crippen molar-refractivity contribution in [2.45, 2.75) is 99.5 Å². The first-order valence-electron chi connectivity index (χ1n) is 19.2. The van der Waals surface area contributed by atoms with E-state index in [1.54, 1.807) is 0 Å². The van der Waals surface area contributed by atoms with E-state index in [0.717, 1.165) is 36.5 Å². The maximum absolute atomic E-state index is 14.3. The van der Waals surface area contributed by atoms with Crippen LogP contribution in [0.15, 0.2) is 75.9 Å². The minimum Gasteiger partial charge on any atom is -0.463 e. The van der Waals surface area contributed by atoms with Gasteiger partial charge in [-0.05, 0) is 77.0 Å². The highest BCUT2D eigenvalue weighted by Gasteiger charge is 2.59. The molecular formula is C42H58O19. The molecular weight excluding hydrogens is 808 g/mol. The van der Waals surface area contributed by atoms with Crippen LogP contribution in [0.1, 0.15) is 77.0 Å². The third-order valence-electron chi connectivity index (χ3n) is 9.17. The number of carbonyl (C=O) groups excluding carboxylic acids is 8. The van der Waals surface area contributed by atoms with Crippen LogP contribution in [0.2, 0.25) is 0 Å². The molecule has 0 aromatic carbocycles. The van der Waals surface area contributed by atoms with Crippen molar-refractivity contribution in [3.8, 4) is 0 Å². The number of aliphatic hydroxyl groups is 4. The first kappa shape index (κ1) is 55.2. The van der Waals surface area contributed by atoms with Crippen molar-refractivity contribution in [1.82, 2.24) is 0 Å². The van der Waals surface area contributed by atoms with Crippen molar-refractivity contribution in [2.75, 3.05) is 39.6 Å². The fourth-order valence-electron chi connectivity index (χ4n) is 5.88. The molecule has 0 radical (unpaired) electrons. The summed E-state index contributed by atoms with van der Waals surface area (Å²) in [5.74, 6) is -8.74. The van der Waals surface area contributed by atoms with Crippen LogP contribution >= 0.6 is 0 Å². The standard InChI is InChI=1S/C42H58O19/c1-7-31(43)55-25-13-19-39(51,20-14-26-56-32(44)8-2)41(53,23-17-29-59-35(47)11-5)37(49)61-38(50)42(54,24-18-30-60-36(48)12-6)40(52,21-15-27-57-33(45)9-3)22-16-28-58-34(46)10-4/h7-12,51-54H,1-6,13-30H2. The molecule has 0 aliphatic rings. The van der Waals surface area contributed by atoms with Crippen molar-refractivity contribution in [1.29, 1.82) is 0 Å². The van der Waals surface area contributed by atoms with Gasteiger partial charge in [0, 0.05) is 36.5 Å². The smallest absolute Gasteiger partial charge is 0.348 e. The molecule has 0 fully saturated rings. The Hall–Kier alpha value is -5.76. The number of ether oxygens (including phenoxy) is 7. The lowest BCUT2D eigenvalue weighted by Crippen LogP contribution is -2.64. The van der Waals surface area contributed by atoms with Gasteiger partial charge in [0.15, 0.2) is 11.2 Å². The molecule has 0 aliphatic heterocycles. The van der Waals surface area contributed by atoms with Gasteiger partial charge in [0.2, 0.25) is 0 Å². The minimum absolute atomic E-state index is 0.211. The molecule has 0 aromatic rings. The summed E-state index contributed by atoms with van der Waals surface area (Å²) in [6.45, 7) is 17.4. The molecule has 4 N–H and O–H groups in total. The van der Waals surface area contributed by atoms with Crippen LogP contribution in [-0.4, -0.2) is 130 Å². The summed E-state index contributed by atoms with van der Waals surface area (Å²) in [6.07, 6.45) is -0.0515. The van der Waals surface area contributed by atoms with E-state index in [2.05, 4.69) is 39.5 Å². The van der Waals surface area contributed by atoms with Gasteiger partial charge in [0.05, 0.1) is 39.6 Å². The predicted octanol–water partition coefficient (Wildman–Crippen LogP) is 2.04. The first-order chi connectivity index (χ1) is 28.8. The Kier molecular flexibility index (Phi) is 26.0. The normalized spacial score (nSPS) is 13.0. The summed E-state index contributed by atoms with van der Waals surface area (Å²) < 4.78 is 35.0. The number of esters is 8. The number of rotatable bonds is 34. The van der Waals surface area contributed by atoms with Crippen LogP contribution in [0.4, 0.5) is 0 Å². The number of carbonyl (C=O) groups is 8. The lowest BCUT2D eigenvalue weighted by atomic mass is 9.72. The summed E-state index contributed by atoms with van der Waals surface area (Å²) in [7, 11) is 0. The zero-order chi connectivity index (χ0) is 46.5. The second-order valence-corrected chi connectivity index (χ2v) is 13.3. The zero-order valence-electron chi connectivity index (χ0n) is 34.3. The van der Waals surface area contributed by atoms with E-state index in [1.807, 2.05) is 0 Å². The summed E-state index contributed by atoms with van der Waals surface area (Å²) in [5, 5.41) is 48.8. The van der Waals surface area contributed by atoms with Gasteiger partial charge in [-0.2, -0.15) is 0 Å². The van der Waals surface area contributed by atoms with Crippen LogP contribution in [0.25, 0.3) is 0 Å². The number of hydrogen-bond acceptors (Lipinski definition) is 19. The van der Waals surface area contributed by atoms with Crippen LogP contribution in [0.3, 0.4) is 0 Å². The van der Waals surface area contributed by atoms with Crippen molar-refractivity contribution < 1.29 is 91.9 Å². The summed E-state index contributed by atoms with van der Waals surface area (Å²) in [4.78, 5) is 98.8. The Morgan fingerprint density at radius 3 is 0.705 bits per heavy atom. The lowest BCUT2D eigenvalue weighted by molar-refractivity contribution is -0.224. The zero-order valence-corrected chi connectivity index (χ0v) is 34.3. The van der Waals surface area contributed by atoms with E-state index < -0.39 is 122 Å². The van der Waals surface area contributed by atoms with Gasteiger partial charge in [-0.25, -0.2) is 38.4 Å². The Bertz CT molecular complexity index is 1410. The maximum Gasteiger partial charge on any atom is 0.348 e. The van der Waals surface area contributed by atoms with Crippen LogP contribution in [-0.2, 0) is 71.5 Å². The highest BCUT2D eigenvalue weighted by molar-refractivity contribution is 5.95. The van der Waals surface area contributed by atoms with Crippen molar-refractivity contribution >= 4 is 47.8 Å². The van der Waals surface area contributed by atoms with Crippen LogP contribution < -0.4 is 0 Å². The molecule has 0 spiro atoms. The molecule has 0 amide bonds. The monoisotopic (exact) mass is 866 g/mol. The van der Waals surface area contributed by atoms with Crippen molar-refractivity contribution in [2.24, 2.45) is 0 Å². The average Bonchev–Trinajstić information content (AvgIpc) is 3.25. The molecule has 2 unspecified atom stereocenters. The SMILES string of the molecule is C=CC(=O)OCCCC(O)(CCCOC(=O)C=C)C(O)(CCCOC(=O)C=C)C(=O)OC(=O)C(O)(CCCOC(=O)C=C)C(O)(CCCOC(=O)C=C)CCCOC(=O)C=C. The van der Waals surface area contributed by atoms with Gasteiger partial charge in [0.1, 0.15) is 11.2 Å². The Labute approximate surface area is 354 Å². The van der Waals surface area contributed by atoms with E-state index in [4.69, 9.17) is 33.2 Å². The molecule has 0 bridgehead atoms. The molecule has 0 saturated carbocycles. The molecule has 0 saturated heterocycles. The highest BCUT2D eigenvalue weighted by atomic mass is 16.6. The largest absolute Gasteiger partial charge is 0.463 e. The third kappa shape index (κ3) is 19.0. The van der Waals surface area contributed by atoms with E-state index in [-0.39, 0.29) is 65.0 Å². The topological polar surface area (TPSA) is 282 Å². The summed E-state index contributed by atoms with van der Waals surface area (Å²) in [5.41, 5.74) is -11.4. The fourth-order valence-corrected chi connectivity index (χ4v) is 5.88. The molecule has 19 nitrogen and oxygen atoms in total. The highest BCUT2D eigenvalue weighted by Crippen LogP contribution is 2.40. The fraction of sp³-hybridized carbons (Fsp3) is 0.524. The van der Waals surface area contributed by atoms with Gasteiger partial charge < -0.3 is 53.6 Å². The van der Waals surface area contributed by atoms with Gasteiger partial charge in [-0.15, -0.1) is 0 Å². The Balaban J connectivity index is 7.26. The van der Waals surface area contributed by atoms with Gasteiger partial charge in [0.25, 0.3) is 0 Å². The van der Waals surface area contributed by atoms with E-state index in [1.165, 1.54) is 0 Å². The van der Waals surface area contributed by atoms with E-state index in [0.29, 0.717) is 0 Å². The second-order valence-electron chi connectivity index (χ2n) is 13.3. The molecule has 61 heavy (non-hydrogen) atoms. The predicted molar refractivity (Wildman–Crippen MR) is 213 cm³/mol. The molecule has 19 heteroatoms. The van der Waals surface area contributed by atoms with Gasteiger partial charge >= 0.3 is 47.8 Å². The van der Waals surface area contributed by atoms with E-state index >= 15 is 0 Å². The molecule has 340 valence electrons. The molecule has 0 aliphatic carbocycles. The minimum atomic E-state index is -3.11. The quantitative estimate of drug-likeness (QED) is 0.0237. The van der Waals surface area contributed by atoms with Gasteiger partial charge in [-0.1, -0.05) is 39.5 Å². The molecule has 0 rings (SSSR count). The second kappa shape index (κ2) is 28.7. The first-order valence-corrected chi connectivity index (χ1v) is 19.2. The summed E-state index contributed by atoms with van der Waals surface area (Å²) >= 11 is 0. The molecule has 0 aromatic heterocycles. The summed E-state index contributed by atoms with van der Waals surface area (Å²) in [6, 6.07) is 0. The lowest BCUT2D eigenvalue weighted by Gasteiger charge is -2.44. The van der Waals surface area contributed by atoms with E-state index in [9.17, 15) is 58.8 Å². The average molecular weight is 867 g/mol. The number of hydrogen-bond donors (Lipinski definition) is 4. The third-order valence-corrected chi connectivity index (χ3v) is 9.17. The Morgan fingerprint density at radius 1 is 0.344 bits per heavy atom. The van der Waals surface area contributed by atoms with Crippen LogP contribution in [0, 0.1) is 0 Å². The van der Waals surface area contributed by atoms with Crippen molar-refractivity contribution in [3.05, 3.63) is 75.9 Å². The van der Waals surface area contributed by atoms with Crippen LogP contribution in [0.5, 0.6) is 0 Å².